The number of ether oxygens (including phenoxy) is 1. The standard InChI is InChI=1S/C17H15Br2N3O3S/c1-10-2-3-11(8-14(10)19)16(24)21-22-17(26)20-15(23)9-25-13-6-4-12(18)5-7-13/h2-8H,9H2,1H3,(H,21,24)(H2,20,22,23,26). The van der Waals surface area contributed by atoms with Crippen LogP contribution in [-0.2, 0) is 4.79 Å². The molecule has 0 atom stereocenters. The van der Waals surface area contributed by atoms with Gasteiger partial charge in [-0.25, -0.2) is 0 Å². The average Bonchev–Trinajstić information content (AvgIpc) is 2.61. The van der Waals surface area contributed by atoms with Crippen molar-refractivity contribution in [2.75, 3.05) is 6.61 Å². The topological polar surface area (TPSA) is 79.5 Å². The summed E-state index contributed by atoms with van der Waals surface area (Å²) >= 11 is 11.6. The molecule has 0 aromatic heterocycles. The fraction of sp³-hybridized carbons (Fsp3) is 0.118. The fourth-order valence-electron chi connectivity index (χ4n) is 1.79. The van der Waals surface area contributed by atoms with Crippen LogP contribution in [0, 0.1) is 6.92 Å². The van der Waals surface area contributed by atoms with Gasteiger partial charge in [0.15, 0.2) is 11.7 Å². The second-order valence-electron chi connectivity index (χ2n) is 5.16. The van der Waals surface area contributed by atoms with E-state index in [4.69, 9.17) is 17.0 Å². The van der Waals surface area contributed by atoms with Gasteiger partial charge in [-0.15, -0.1) is 0 Å². The van der Waals surface area contributed by atoms with Crippen LogP contribution in [0.2, 0.25) is 0 Å². The third-order valence-corrected chi connectivity index (χ3v) is 4.75. The largest absolute Gasteiger partial charge is 0.484 e. The molecule has 0 heterocycles. The Morgan fingerprint density at radius 1 is 1.08 bits per heavy atom. The third kappa shape index (κ3) is 6.40. The molecule has 0 saturated heterocycles. The maximum absolute atomic E-state index is 12.0. The number of nitrogens with one attached hydrogen (secondary N) is 3. The molecule has 9 heteroatoms. The van der Waals surface area contributed by atoms with Gasteiger partial charge in [0, 0.05) is 14.5 Å². The number of aryl methyl sites for hydroxylation is 1. The molecule has 2 aromatic carbocycles. The predicted molar refractivity (Wildman–Crippen MR) is 110 cm³/mol. The molecule has 2 amide bonds. The van der Waals surface area contributed by atoms with Gasteiger partial charge in [-0.1, -0.05) is 37.9 Å². The molecule has 0 radical (unpaired) electrons. The molecule has 0 aliphatic carbocycles. The second kappa shape index (κ2) is 9.65. The average molecular weight is 501 g/mol. The van der Waals surface area contributed by atoms with E-state index in [9.17, 15) is 9.59 Å². The summed E-state index contributed by atoms with van der Waals surface area (Å²) in [6.45, 7) is 1.72. The highest BCUT2D eigenvalue weighted by Crippen LogP contribution is 2.17. The molecule has 0 saturated carbocycles. The second-order valence-corrected chi connectivity index (χ2v) is 7.34. The number of rotatable bonds is 4. The number of hydrogen-bond donors (Lipinski definition) is 3. The zero-order chi connectivity index (χ0) is 19.1. The molecule has 2 aromatic rings. The lowest BCUT2D eigenvalue weighted by Crippen LogP contribution is -2.49. The van der Waals surface area contributed by atoms with Crippen molar-refractivity contribution in [1.82, 2.24) is 16.2 Å². The summed E-state index contributed by atoms with van der Waals surface area (Å²) in [4.78, 5) is 23.8. The van der Waals surface area contributed by atoms with E-state index in [1.807, 2.05) is 13.0 Å². The van der Waals surface area contributed by atoms with E-state index < -0.39 is 5.91 Å². The van der Waals surface area contributed by atoms with Crippen molar-refractivity contribution in [1.29, 1.82) is 0 Å². The van der Waals surface area contributed by atoms with Crippen LogP contribution in [0.15, 0.2) is 51.4 Å². The first-order chi connectivity index (χ1) is 12.3. The van der Waals surface area contributed by atoms with Gasteiger partial charge in [-0.05, 0) is 61.1 Å². The highest BCUT2D eigenvalue weighted by atomic mass is 79.9. The van der Waals surface area contributed by atoms with Crippen LogP contribution in [0.3, 0.4) is 0 Å². The molecule has 0 bridgehead atoms. The van der Waals surface area contributed by atoms with Crippen molar-refractivity contribution in [3.05, 3.63) is 62.5 Å². The van der Waals surface area contributed by atoms with Crippen molar-refractivity contribution in [3.8, 4) is 5.75 Å². The van der Waals surface area contributed by atoms with Gasteiger partial charge in [0.2, 0.25) is 0 Å². The SMILES string of the molecule is Cc1ccc(C(=O)NNC(=S)NC(=O)COc2ccc(Br)cc2)cc1Br. The van der Waals surface area contributed by atoms with Gasteiger partial charge in [0.1, 0.15) is 5.75 Å². The highest BCUT2D eigenvalue weighted by Gasteiger charge is 2.09. The van der Waals surface area contributed by atoms with Crippen molar-refractivity contribution in [3.63, 3.8) is 0 Å². The van der Waals surface area contributed by atoms with Crippen LogP contribution in [0.4, 0.5) is 0 Å². The van der Waals surface area contributed by atoms with E-state index in [0.29, 0.717) is 11.3 Å². The number of halogens is 2. The molecular weight excluding hydrogens is 486 g/mol. The van der Waals surface area contributed by atoms with Crippen molar-refractivity contribution in [2.45, 2.75) is 6.92 Å². The first-order valence-corrected chi connectivity index (χ1v) is 9.39. The van der Waals surface area contributed by atoms with Gasteiger partial charge in [-0.3, -0.25) is 25.8 Å². The van der Waals surface area contributed by atoms with E-state index in [1.54, 1.807) is 36.4 Å². The van der Waals surface area contributed by atoms with E-state index in [-0.39, 0.29) is 17.6 Å². The molecule has 6 nitrogen and oxygen atoms in total. The molecule has 0 unspecified atom stereocenters. The van der Waals surface area contributed by atoms with E-state index in [2.05, 4.69) is 48.0 Å². The number of hydrogen-bond acceptors (Lipinski definition) is 4. The molecular formula is C17H15Br2N3O3S. The smallest absolute Gasteiger partial charge is 0.269 e. The summed E-state index contributed by atoms with van der Waals surface area (Å²) < 4.78 is 7.07. The summed E-state index contributed by atoms with van der Waals surface area (Å²) in [6, 6.07) is 12.3. The van der Waals surface area contributed by atoms with E-state index in [0.717, 1.165) is 14.5 Å². The number of hydrazine groups is 1. The van der Waals surface area contributed by atoms with Gasteiger partial charge < -0.3 is 4.74 Å². The molecule has 0 aliphatic heterocycles. The Balaban J connectivity index is 1.75. The molecule has 2 rings (SSSR count). The Bertz CT molecular complexity index is 829. The molecule has 136 valence electrons. The maximum Gasteiger partial charge on any atom is 0.269 e. The van der Waals surface area contributed by atoms with Gasteiger partial charge >= 0.3 is 0 Å². The molecule has 0 spiro atoms. The summed E-state index contributed by atoms with van der Waals surface area (Å²) in [5, 5.41) is 2.38. The zero-order valence-electron chi connectivity index (χ0n) is 13.6. The lowest BCUT2D eigenvalue weighted by Gasteiger charge is -2.12. The molecule has 3 N–H and O–H groups in total. The fourth-order valence-corrected chi connectivity index (χ4v) is 2.60. The van der Waals surface area contributed by atoms with Crippen molar-refractivity contribution in [2.24, 2.45) is 0 Å². The lowest BCUT2D eigenvalue weighted by atomic mass is 10.1. The Hall–Kier alpha value is -1.97. The number of carbonyl (C=O) groups is 2. The summed E-state index contributed by atoms with van der Waals surface area (Å²) in [5.74, 6) is -0.272. The molecule has 0 fully saturated rings. The lowest BCUT2D eigenvalue weighted by molar-refractivity contribution is -0.121. The molecule has 0 aliphatic rings. The quantitative estimate of drug-likeness (QED) is 0.443. The summed E-state index contributed by atoms with van der Waals surface area (Å²) in [6.07, 6.45) is 0. The van der Waals surface area contributed by atoms with E-state index >= 15 is 0 Å². The van der Waals surface area contributed by atoms with E-state index in [1.165, 1.54) is 0 Å². The van der Waals surface area contributed by atoms with Gasteiger partial charge in [0.25, 0.3) is 11.8 Å². The Kier molecular flexibility index (Phi) is 7.55. The minimum atomic E-state index is -0.447. The van der Waals surface area contributed by atoms with Crippen molar-refractivity contribution >= 4 is 61.0 Å². The number of thiocarbonyl (C=S) groups is 1. The van der Waals surface area contributed by atoms with Crippen molar-refractivity contribution < 1.29 is 14.3 Å². The third-order valence-electron chi connectivity index (χ3n) is 3.16. The number of amides is 2. The molecule has 26 heavy (non-hydrogen) atoms. The van der Waals surface area contributed by atoms with Gasteiger partial charge in [0.05, 0.1) is 0 Å². The summed E-state index contributed by atoms with van der Waals surface area (Å²) in [7, 11) is 0. The predicted octanol–water partition coefficient (Wildman–Crippen LogP) is 3.23. The van der Waals surface area contributed by atoms with Crippen LogP contribution in [0.1, 0.15) is 15.9 Å². The van der Waals surface area contributed by atoms with Gasteiger partial charge in [-0.2, -0.15) is 0 Å². The minimum absolute atomic E-state index is 0.0334. The first kappa shape index (κ1) is 20.3. The Morgan fingerprint density at radius 2 is 1.77 bits per heavy atom. The minimum Gasteiger partial charge on any atom is -0.484 e. The number of benzene rings is 2. The summed E-state index contributed by atoms with van der Waals surface area (Å²) in [5.41, 5.74) is 6.36. The normalized spacial score (nSPS) is 9.96. The van der Waals surface area contributed by atoms with Crippen LogP contribution in [0.25, 0.3) is 0 Å². The Labute approximate surface area is 172 Å². The zero-order valence-corrected chi connectivity index (χ0v) is 17.6. The van der Waals surface area contributed by atoms with Crippen LogP contribution >= 0.6 is 44.1 Å². The monoisotopic (exact) mass is 499 g/mol. The maximum atomic E-state index is 12.0. The van der Waals surface area contributed by atoms with Crippen LogP contribution in [0.5, 0.6) is 5.75 Å². The Morgan fingerprint density at radius 3 is 2.42 bits per heavy atom. The highest BCUT2D eigenvalue weighted by molar-refractivity contribution is 9.10. The van der Waals surface area contributed by atoms with Crippen LogP contribution < -0.4 is 20.9 Å². The first-order valence-electron chi connectivity index (χ1n) is 7.40. The number of carbonyl (C=O) groups excluding carboxylic acids is 2. The van der Waals surface area contributed by atoms with Crippen LogP contribution in [-0.4, -0.2) is 23.5 Å².